The predicted octanol–water partition coefficient (Wildman–Crippen LogP) is 3.37. The number of carbonyl (C=O) groups excluding carboxylic acids is 3. The molecule has 0 amide bonds. The van der Waals surface area contributed by atoms with E-state index in [9.17, 15) is 19.5 Å². The molecular weight excluding hydrogens is 616 g/mol. The molecule has 1 aromatic heterocycles. The molecule has 2 spiro atoms. The molecule has 8 fully saturated rings. The summed E-state index contributed by atoms with van der Waals surface area (Å²) in [6.07, 6.45) is 6.23. The van der Waals surface area contributed by atoms with E-state index in [1.54, 1.807) is 6.26 Å². The number of nitrogens with one attached hydrogen (secondary N) is 2. The molecule has 11 atom stereocenters. The van der Waals surface area contributed by atoms with Crippen molar-refractivity contribution in [1.82, 2.24) is 10.6 Å². The summed E-state index contributed by atoms with van der Waals surface area (Å²) in [5.41, 5.74) is -3.88. The molecule has 262 valence electrons. The lowest BCUT2D eigenvalue weighted by molar-refractivity contribution is -0.252. The number of fused-ring (bicyclic) bond motifs is 1. The van der Waals surface area contributed by atoms with Gasteiger partial charge in [0.25, 0.3) is 0 Å². The van der Waals surface area contributed by atoms with Crippen LogP contribution in [0.5, 0.6) is 0 Å². The van der Waals surface area contributed by atoms with Crippen molar-refractivity contribution in [1.29, 1.82) is 0 Å². The Morgan fingerprint density at radius 1 is 1.00 bits per heavy atom. The Morgan fingerprint density at radius 3 is 2.54 bits per heavy atom. The fourth-order valence-corrected chi connectivity index (χ4v) is 12.9. The maximum Gasteiger partial charge on any atom is 0.339 e. The summed E-state index contributed by atoms with van der Waals surface area (Å²) < 4.78 is 31.3. The van der Waals surface area contributed by atoms with Crippen LogP contribution < -0.4 is 10.6 Å². The topological polar surface area (TPSA) is 149 Å². The molecule has 5 saturated heterocycles. The highest BCUT2D eigenvalue weighted by Crippen LogP contribution is 2.80. The number of rotatable bonds is 5. The van der Waals surface area contributed by atoms with Crippen LogP contribution in [0, 0.1) is 39.9 Å². The van der Waals surface area contributed by atoms with Gasteiger partial charge in [-0.1, -0.05) is 26.7 Å². The highest BCUT2D eigenvalue weighted by Gasteiger charge is 2.90. The molecule has 0 bridgehead atoms. The van der Waals surface area contributed by atoms with Crippen molar-refractivity contribution in [3.8, 4) is 0 Å². The molecule has 3 aliphatic carbocycles. The van der Waals surface area contributed by atoms with Gasteiger partial charge in [-0.3, -0.25) is 9.59 Å². The van der Waals surface area contributed by atoms with Crippen molar-refractivity contribution < 1.29 is 42.9 Å². The Kier molecular flexibility index (Phi) is 6.84. The lowest BCUT2D eigenvalue weighted by Gasteiger charge is -2.66. The molecule has 0 radical (unpaired) electrons. The molecule has 48 heavy (non-hydrogen) atoms. The van der Waals surface area contributed by atoms with Crippen LogP contribution >= 0.6 is 0 Å². The van der Waals surface area contributed by atoms with Crippen molar-refractivity contribution in [3.05, 3.63) is 23.7 Å². The zero-order valence-corrected chi connectivity index (χ0v) is 28.5. The van der Waals surface area contributed by atoms with Gasteiger partial charge in [0.05, 0.1) is 30.3 Å². The number of furan rings is 1. The minimum Gasteiger partial charge on any atom is -0.469 e. The summed E-state index contributed by atoms with van der Waals surface area (Å²) >= 11 is 0. The number of cyclic esters (lactones) is 2. The van der Waals surface area contributed by atoms with Crippen molar-refractivity contribution in [2.45, 2.75) is 127 Å². The minimum absolute atomic E-state index is 0.0521. The summed E-state index contributed by atoms with van der Waals surface area (Å²) in [6.45, 7) is 9.80. The van der Waals surface area contributed by atoms with Gasteiger partial charge in [0.2, 0.25) is 0 Å². The van der Waals surface area contributed by atoms with Crippen LogP contribution in [0.2, 0.25) is 0 Å². The zero-order valence-electron chi connectivity index (χ0n) is 28.5. The molecule has 11 nitrogen and oxygen atoms in total. The first-order valence-corrected chi connectivity index (χ1v) is 18.3. The number of aryl methyl sites for hydroxylation is 1. The third-order valence-corrected chi connectivity index (χ3v) is 15.0. The van der Waals surface area contributed by atoms with E-state index in [0.29, 0.717) is 24.8 Å². The maximum atomic E-state index is 14.5. The SMILES string of the molecule is CC1(C)OC2CC(=O)OCC23C1C(=O)C(O)C1(C)C3CCC2(C)C(c3ccoc3CCC3CCC(C4CNCN4)CC3)OC(=O)C3OC321. The van der Waals surface area contributed by atoms with Gasteiger partial charge in [0, 0.05) is 47.5 Å². The maximum absolute atomic E-state index is 14.5. The van der Waals surface area contributed by atoms with Gasteiger partial charge in [0.1, 0.15) is 30.2 Å². The van der Waals surface area contributed by atoms with Crippen LogP contribution in [0.15, 0.2) is 16.7 Å². The summed E-state index contributed by atoms with van der Waals surface area (Å²) in [4.78, 5) is 40.8. The van der Waals surface area contributed by atoms with E-state index < -0.39 is 63.8 Å². The average Bonchev–Trinajstić information content (AvgIpc) is 3.32. The number of hydrogen-bond acceptors (Lipinski definition) is 11. The third kappa shape index (κ3) is 3.86. The lowest BCUT2D eigenvalue weighted by Crippen LogP contribution is -2.76. The Labute approximate surface area is 281 Å². The first-order valence-electron chi connectivity index (χ1n) is 18.3. The number of aliphatic hydroxyl groups excluding tert-OH is 1. The number of aliphatic hydroxyl groups is 1. The third-order valence-electron chi connectivity index (χ3n) is 15.0. The van der Waals surface area contributed by atoms with Gasteiger partial charge in [-0.2, -0.15) is 0 Å². The number of carbonyl (C=O) groups is 3. The smallest absolute Gasteiger partial charge is 0.339 e. The van der Waals surface area contributed by atoms with E-state index in [2.05, 4.69) is 17.6 Å². The van der Waals surface area contributed by atoms with E-state index in [0.717, 1.165) is 43.3 Å². The van der Waals surface area contributed by atoms with Crippen LogP contribution in [0.4, 0.5) is 0 Å². The van der Waals surface area contributed by atoms with E-state index >= 15 is 0 Å². The molecule has 11 heteroatoms. The molecule has 3 saturated carbocycles. The summed E-state index contributed by atoms with van der Waals surface area (Å²) in [5.74, 6) is 0.125. The molecule has 8 aliphatic rings. The summed E-state index contributed by atoms with van der Waals surface area (Å²) in [7, 11) is 0. The fourth-order valence-electron chi connectivity index (χ4n) is 12.9. The van der Waals surface area contributed by atoms with Gasteiger partial charge >= 0.3 is 11.9 Å². The summed E-state index contributed by atoms with van der Waals surface area (Å²) in [6, 6.07) is 2.51. The van der Waals surface area contributed by atoms with Crippen LogP contribution in [-0.4, -0.2) is 78.2 Å². The molecule has 9 rings (SSSR count). The van der Waals surface area contributed by atoms with Crippen molar-refractivity contribution in [2.24, 2.45) is 39.9 Å². The van der Waals surface area contributed by atoms with E-state index in [1.807, 2.05) is 26.8 Å². The van der Waals surface area contributed by atoms with Gasteiger partial charge in [0.15, 0.2) is 11.9 Å². The van der Waals surface area contributed by atoms with E-state index in [-0.39, 0.29) is 30.7 Å². The monoisotopic (exact) mass is 666 g/mol. The second-order valence-corrected chi connectivity index (χ2v) is 17.3. The van der Waals surface area contributed by atoms with Gasteiger partial charge in [-0.25, -0.2) is 4.79 Å². The predicted molar refractivity (Wildman–Crippen MR) is 169 cm³/mol. The highest BCUT2D eigenvalue weighted by atomic mass is 16.7. The molecule has 11 unspecified atom stereocenters. The summed E-state index contributed by atoms with van der Waals surface area (Å²) in [5, 5.41) is 19.2. The molecule has 5 aliphatic heterocycles. The van der Waals surface area contributed by atoms with Crippen molar-refractivity contribution >= 4 is 17.7 Å². The number of ketones is 1. The van der Waals surface area contributed by atoms with Crippen LogP contribution in [0.1, 0.15) is 96.5 Å². The van der Waals surface area contributed by atoms with Crippen LogP contribution in [-0.2, 0) is 39.8 Å². The minimum atomic E-state index is -1.39. The van der Waals surface area contributed by atoms with E-state index in [4.69, 9.17) is 23.4 Å². The largest absolute Gasteiger partial charge is 0.469 e. The zero-order chi connectivity index (χ0) is 33.4. The average molecular weight is 667 g/mol. The van der Waals surface area contributed by atoms with Gasteiger partial charge in [-0.05, 0) is 69.8 Å². The molecule has 0 aromatic carbocycles. The number of ether oxygens (including phenoxy) is 4. The van der Waals surface area contributed by atoms with Crippen molar-refractivity contribution in [3.63, 3.8) is 0 Å². The molecular formula is C37H50N2O9. The Bertz CT molecular complexity index is 1530. The molecule has 6 heterocycles. The number of hydrogen-bond donors (Lipinski definition) is 3. The lowest BCUT2D eigenvalue weighted by atomic mass is 9.36. The quantitative estimate of drug-likeness (QED) is 0.314. The number of epoxide rings is 1. The molecule has 1 aromatic rings. The molecule has 3 N–H and O–H groups in total. The Balaban J connectivity index is 1.02. The number of esters is 2. The standard InChI is InChI=1S/C37H50N2O9/c1-33(2)28-27(41)29(42)35(4)24(36(28)17-45-26(40)15-25(36)47-33)11-13-34(3)30(46-32(43)31-37(34,35)48-31)21-12-14-44-23(21)10-7-19-5-8-20(9-6-19)22-16-38-18-39-22/h12,14,19-20,22,24-25,28-31,38-39,42H,5-11,13,15-18H2,1-4H3. The Hall–Kier alpha value is -2.31. The second kappa shape index (κ2) is 10.4. The van der Waals surface area contributed by atoms with Crippen LogP contribution in [0.25, 0.3) is 0 Å². The Morgan fingerprint density at radius 2 is 1.79 bits per heavy atom. The highest BCUT2D eigenvalue weighted by molar-refractivity contribution is 5.92. The first kappa shape index (κ1) is 31.7. The van der Waals surface area contributed by atoms with Crippen LogP contribution in [0.3, 0.4) is 0 Å². The first-order chi connectivity index (χ1) is 22.9. The van der Waals surface area contributed by atoms with Gasteiger partial charge < -0.3 is 39.1 Å². The van der Waals surface area contributed by atoms with Gasteiger partial charge in [-0.15, -0.1) is 0 Å². The second-order valence-electron chi connectivity index (χ2n) is 17.3. The normalized spacial score (nSPS) is 50.4. The number of Topliss-reactive ketones (excluding diaryl/α,β-unsaturated/α-hetero) is 1. The fraction of sp³-hybridized carbons (Fsp3) is 0.811. The van der Waals surface area contributed by atoms with E-state index in [1.165, 1.54) is 25.7 Å². The van der Waals surface area contributed by atoms with Crippen molar-refractivity contribution in [2.75, 3.05) is 19.8 Å².